The van der Waals surface area contributed by atoms with Crippen LogP contribution >= 0.6 is 0 Å². The topological polar surface area (TPSA) is 9.23 Å². The summed E-state index contributed by atoms with van der Waals surface area (Å²) in [5.41, 5.74) is 3.99. The van der Waals surface area contributed by atoms with Gasteiger partial charge in [0.1, 0.15) is 5.82 Å². The molecular formula is C33H35F3O. The van der Waals surface area contributed by atoms with Gasteiger partial charge in [-0.2, -0.15) is 4.39 Å². The minimum Gasteiger partial charge on any atom is -0.490 e. The van der Waals surface area contributed by atoms with Gasteiger partial charge in [0.15, 0.2) is 11.6 Å². The van der Waals surface area contributed by atoms with E-state index in [1.165, 1.54) is 24.1 Å². The zero-order valence-electron chi connectivity index (χ0n) is 21.7. The number of benzene rings is 3. The monoisotopic (exact) mass is 504 g/mol. The zero-order chi connectivity index (χ0) is 26.2. The molecule has 0 saturated carbocycles. The summed E-state index contributed by atoms with van der Waals surface area (Å²) in [6, 6.07) is 15.2. The predicted molar refractivity (Wildman–Crippen MR) is 147 cm³/mol. The van der Waals surface area contributed by atoms with Gasteiger partial charge < -0.3 is 4.74 Å². The first-order valence-corrected chi connectivity index (χ1v) is 13.3. The highest BCUT2D eigenvalue weighted by Gasteiger charge is 2.18. The van der Waals surface area contributed by atoms with Crippen molar-refractivity contribution in [2.75, 3.05) is 6.61 Å². The molecule has 0 heterocycles. The summed E-state index contributed by atoms with van der Waals surface area (Å²) in [6.45, 7) is 4.40. The molecule has 4 heteroatoms. The molecule has 0 saturated heterocycles. The largest absolute Gasteiger partial charge is 0.490 e. The Labute approximate surface area is 218 Å². The SMILES string of the molecule is C/C=C/CCC1CC=C(c2ccc(-c3ccc(-c4ccc(OCCCC)c(F)c4F)cc3)c(F)c2)CC1. The van der Waals surface area contributed by atoms with Crippen LogP contribution in [0.4, 0.5) is 13.2 Å². The van der Waals surface area contributed by atoms with E-state index in [0.717, 1.165) is 44.1 Å². The molecule has 1 aliphatic rings. The van der Waals surface area contributed by atoms with E-state index in [9.17, 15) is 8.78 Å². The third-order valence-corrected chi connectivity index (χ3v) is 7.15. The number of allylic oxidation sites excluding steroid dienone is 4. The van der Waals surface area contributed by atoms with Crippen LogP contribution in [0.2, 0.25) is 0 Å². The Morgan fingerprint density at radius 2 is 1.59 bits per heavy atom. The van der Waals surface area contributed by atoms with Crippen molar-refractivity contribution in [1.29, 1.82) is 0 Å². The van der Waals surface area contributed by atoms with Crippen LogP contribution in [0.15, 0.2) is 72.8 Å². The van der Waals surface area contributed by atoms with E-state index in [1.807, 2.05) is 13.0 Å². The van der Waals surface area contributed by atoms with Crippen LogP contribution in [0.5, 0.6) is 5.75 Å². The standard InChI is InChI=1S/C33H35F3O/c1-3-5-7-8-23-9-11-24(12-10-23)27-17-18-28(30(34)22-27)25-13-15-26(16-14-25)29-19-20-31(33(36)32(29)35)37-21-6-4-2/h3,5,11,13-20,22-23H,4,6-10,12,21H2,1-2H3/b5-3+. The molecule has 0 bridgehead atoms. The van der Waals surface area contributed by atoms with Gasteiger partial charge >= 0.3 is 0 Å². The molecular weight excluding hydrogens is 469 g/mol. The van der Waals surface area contributed by atoms with Crippen molar-refractivity contribution < 1.29 is 17.9 Å². The van der Waals surface area contributed by atoms with Gasteiger partial charge in [-0.15, -0.1) is 0 Å². The van der Waals surface area contributed by atoms with E-state index in [-0.39, 0.29) is 17.1 Å². The third-order valence-electron chi connectivity index (χ3n) is 7.15. The molecule has 0 amide bonds. The van der Waals surface area contributed by atoms with Crippen molar-refractivity contribution in [2.24, 2.45) is 5.92 Å². The van der Waals surface area contributed by atoms with Crippen molar-refractivity contribution >= 4 is 5.57 Å². The first kappa shape index (κ1) is 26.8. The highest BCUT2D eigenvalue weighted by atomic mass is 19.2. The molecule has 1 atom stereocenters. The number of ether oxygens (including phenoxy) is 1. The fourth-order valence-electron chi connectivity index (χ4n) is 4.88. The summed E-state index contributed by atoms with van der Waals surface area (Å²) in [7, 11) is 0. The Hall–Kier alpha value is -3.27. The smallest absolute Gasteiger partial charge is 0.201 e. The molecule has 0 aliphatic heterocycles. The second-order valence-electron chi connectivity index (χ2n) is 9.73. The molecule has 0 radical (unpaired) electrons. The third kappa shape index (κ3) is 6.54. The van der Waals surface area contributed by atoms with Gasteiger partial charge in [0.2, 0.25) is 5.82 Å². The number of halogens is 3. The first-order valence-electron chi connectivity index (χ1n) is 13.3. The molecule has 0 fully saturated rings. The lowest BCUT2D eigenvalue weighted by atomic mass is 9.84. The fraction of sp³-hybridized carbons (Fsp3) is 0.333. The highest BCUT2D eigenvalue weighted by molar-refractivity contribution is 5.74. The highest BCUT2D eigenvalue weighted by Crippen LogP contribution is 2.35. The Balaban J connectivity index is 1.47. The predicted octanol–water partition coefficient (Wildman–Crippen LogP) is 10.2. The van der Waals surface area contributed by atoms with E-state index >= 15 is 4.39 Å². The maximum Gasteiger partial charge on any atom is 0.201 e. The Morgan fingerprint density at radius 3 is 2.24 bits per heavy atom. The Morgan fingerprint density at radius 1 is 0.892 bits per heavy atom. The van der Waals surface area contributed by atoms with Crippen molar-refractivity contribution in [3.8, 4) is 28.0 Å². The van der Waals surface area contributed by atoms with Gasteiger partial charge in [0.05, 0.1) is 6.61 Å². The summed E-state index contributed by atoms with van der Waals surface area (Å²) in [5, 5.41) is 0. The number of hydrogen-bond donors (Lipinski definition) is 0. The van der Waals surface area contributed by atoms with Gasteiger partial charge in [-0.1, -0.05) is 68.0 Å². The Bertz CT molecular complexity index is 1260. The lowest BCUT2D eigenvalue weighted by Gasteiger charge is -2.22. The average molecular weight is 505 g/mol. The number of hydrogen-bond acceptors (Lipinski definition) is 1. The number of unbranched alkanes of at least 4 members (excludes halogenated alkanes) is 1. The molecule has 1 aliphatic carbocycles. The summed E-state index contributed by atoms with van der Waals surface area (Å²) < 4.78 is 49.7. The molecule has 0 spiro atoms. The lowest BCUT2D eigenvalue weighted by Crippen LogP contribution is -2.05. The van der Waals surface area contributed by atoms with Crippen LogP contribution < -0.4 is 4.74 Å². The van der Waals surface area contributed by atoms with E-state index in [0.29, 0.717) is 29.2 Å². The molecule has 37 heavy (non-hydrogen) atoms. The van der Waals surface area contributed by atoms with Crippen molar-refractivity contribution in [3.63, 3.8) is 0 Å². The summed E-state index contributed by atoms with van der Waals surface area (Å²) in [6.07, 6.45) is 13.7. The lowest BCUT2D eigenvalue weighted by molar-refractivity contribution is 0.289. The molecule has 3 aromatic carbocycles. The second kappa shape index (κ2) is 12.8. The van der Waals surface area contributed by atoms with Crippen LogP contribution in [0.25, 0.3) is 27.8 Å². The van der Waals surface area contributed by atoms with Crippen LogP contribution in [0, 0.1) is 23.4 Å². The van der Waals surface area contributed by atoms with E-state index in [1.54, 1.807) is 36.4 Å². The molecule has 0 N–H and O–H groups in total. The van der Waals surface area contributed by atoms with Crippen molar-refractivity contribution in [1.82, 2.24) is 0 Å². The van der Waals surface area contributed by atoms with E-state index < -0.39 is 11.6 Å². The van der Waals surface area contributed by atoms with Crippen LogP contribution in [-0.4, -0.2) is 6.61 Å². The molecule has 0 aromatic heterocycles. The van der Waals surface area contributed by atoms with Crippen molar-refractivity contribution in [2.45, 2.75) is 58.8 Å². The summed E-state index contributed by atoms with van der Waals surface area (Å²) in [5.74, 6) is -1.59. The zero-order valence-corrected chi connectivity index (χ0v) is 21.7. The van der Waals surface area contributed by atoms with Crippen LogP contribution in [0.1, 0.15) is 64.4 Å². The van der Waals surface area contributed by atoms with E-state index in [2.05, 4.69) is 25.2 Å². The fourth-order valence-corrected chi connectivity index (χ4v) is 4.88. The quantitative estimate of drug-likeness (QED) is 0.197. The number of rotatable bonds is 10. The van der Waals surface area contributed by atoms with Gasteiger partial charge in [-0.3, -0.25) is 0 Å². The van der Waals surface area contributed by atoms with Crippen LogP contribution in [-0.2, 0) is 0 Å². The minimum absolute atomic E-state index is 0.0780. The molecule has 4 rings (SSSR count). The first-order chi connectivity index (χ1) is 18.0. The van der Waals surface area contributed by atoms with Crippen LogP contribution in [0.3, 0.4) is 0 Å². The Kier molecular flexibility index (Phi) is 9.27. The summed E-state index contributed by atoms with van der Waals surface area (Å²) >= 11 is 0. The van der Waals surface area contributed by atoms with Gasteiger partial charge in [-0.25, -0.2) is 8.78 Å². The van der Waals surface area contributed by atoms with Gasteiger partial charge in [0.25, 0.3) is 0 Å². The maximum atomic E-state index is 15.1. The molecule has 3 aromatic rings. The second-order valence-corrected chi connectivity index (χ2v) is 9.73. The van der Waals surface area contributed by atoms with Gasteiger partial charge in [-0.05, 0) is 91.8 Å². The van der Waals surface area contributed by atoms with E-state index in [4.69, 9.17) is 4.74 Å². The normalized spacial score (nSPS) is 15.7. The minimum atomic E-state index is -0.986. The molecule has 1 unspecified atom stereocenters. The van der Waals surface area contributed by atoms with Gasteiger partial charge in [0, 0.05) is 11.1 Å². The molecule has 194 valence electrons. The average Bonchev–Trinajstić information content (AvgIpc) is 2.92. The van der Waals surface area contributed by atoms with Crippen molar-refractivity contribution in [3.05, 3.63) is 95.8 Å². The maximum absolute atomic E-state index is 15.1. The molecule has 1 nitrogen and oxygen atoms in total. The summed E-state index contributed by atoms with van der Waals surface area (Å²) in [4.78, 5) is 0.